The van der Waals surface area contributed by atoms with Crippen LogP contribution in [-0.2, 0) is 11.3 Å². The molecule has 3 aromatic rings. The number of benzene rings is 3. The van der Waals surface area contributed by atoms with Gasteiger partial charge in [0.15, 0.2) is 0 Å². The summed E-state index contributed by atoms with van der Waals surface area (Å²) >= 11 is 3.34. The zero-order valence-electron chi connectivity index (χ0n) is 15.4. The number of nitrogens with one attached hydrogen (secondary N) is 1. The number of carbonyl (C=O) groups excluding carboxylic acids is 2. The van der Waals surface area contributed by atoms with Crippen molar-refractivity contribution < 1.29 is 23.5 Å². The number of ether oxygens (including phenoxy) is 2. The van der Waals surface area contributed by atoms with Crippen molar-refractivity contribution in [1.82, 2.24) is 0 Å². The summed E-state index contributed by atoms with van der Waals surface area (Å²) in [5.41, 5.74) is 1.13. The van der Waals surface area contributed by atoms with Crippen LogP contribution < -0.4 is 10.1 Å². The van der Waals surface area contributed by atoms with Crippen LogP contribution in [0.3, 0.4) is 0 Å². The van der Waals surface area contributed by atoms with Crippen molar-refractivity contribution in [1.29, 1.82) is 0 Å². The number of esters is 1. The molecule has 0 bridgehead atoms. The molecule has 3 rings (SSSR count). The van der Waals surface area contributed by atoms with Crippen LogP contribution in [0.25, 0.3) is 0 Å². The topological polar surface area (TPSA) is 64.6 Å². The second-order valence-electron chi connectivity index (χ2n) is 6.04. The minimum Gasteiger partial charge on any atom is -0.489 e. The van der Waals surface area contributed by atoms with Crippen molar-refractivity contribution in [2.45, 2.75) is 6.61 Å². The Balaban J connectivity index is 1.82. The molecule has 0 spiro atoms. The van der Waals surface area contributed by atoms with Crippen LogP contribution in [0.5, 0.6) is 5.75 Å². The first-order valence-electron chi connectivity index (χ1n) is 8.63. The Morgan fingerprint density at radius 1 is 1.00 bits per heavy atom. The number of amides is 1. The molecule has 7 heteroatoms. The fraction of sp³-hybridized carbons (Fsp3) is 0.0909. The van der Waals surface area contributed by atoms with E-state index in [-0.39, 0.29) is 17.7 Å². The van der Waals surface area contributed by atoms with Crippen LogP contribution in [0.1, 0.15) is 26.3 Å². The molecule has 0 unspecified atom stereocenters. The van der Waals surface area contributed by atoms with E-state index in [0.29, 0.717) is 17.0 Å². The van der Waals surface area contributed by atoms with E-state index in [1.807, 2.05) is 12.1 Å². The third kappa shape index (κ3) is 5.20. The Bertz CT molecular complexity index is 1040. The summed E-state index contributed by atoms with van der Waals surface area (Å²) in [4.78, 5) is 24.7. The highest BCUT2D eigenvalue weighted by molar-refractivity contribution is 9.10. The van der Waals surface area contributed by atoms with Gasteiger partial charge < -0.3 is 14.8 Å². The number of para-hydroxylation sites is 1. The van der Waals surface area contributed by atoms with Gasteiger partial charge in [-0.25, -0.2) is 9.18 Å². The van der Waals surface area contributed by atoms with Gasteiger partial charge in [-0.1, -0.05) is 28.1 Å². The van der Waals surface area contributed by atoms with Crippen LogP contribution in [0, 0.1) is 5.82 Å². The van der Waals surface area contributed by atoms with Gasteiger partial charge in [0.2, 0.25) is 0 Å². The normalized spacial score (nSPS) is 10.3. The van der Waals surface area contributed by atoms with Crippen LogP contribution >= 0.6 is 15.9 Å². The standard InChI is InChI=1S/C22H17BrFNO4/c1-28-22(27)19-4-2-3-5-20(19)25-21(26)18-11-8-16(24)12-14(18)13-29-17-9-6-15(23)7-10-17/h2-12H,13H2,1H3,(H,25,26). The smallest absolute Gasteiger partial charge is 0.339 e. The third-order valence-corrected chi connectivity index (χ3v) is 4.63. The van der Waals surface area contributed by atoms with Gasteiger partial charge in [-0.15, -0.1) is 0 Å². The minimum atomic E-state index is -0.571. The molecule has 1 N–H and O–H groups in total. The maximum atomic E-state index is 13.8. The van der Waals surface area contributed by atoms with Gasteiger partial charge in [0.1, 0.15) is 18.2 Å². The Hall–Kier alpha value is -3.19. The van der Waals surface area contributed by atoms with Crippen LogP contribution in [0.15, 0.2) is 71.2 Å². The molecule has 1 amide bonds. The van der Waals surface area contributed by atoms with Crippen molar-refractivity contribution >= 4 is 33.5 Å². The number of rotatable bonds is 6. The van der Waals surface area contributed by atoms with Gasteiger partial charge in [0.05, 0.1) is 18.4 Å². The lowest BCUT2D eigenvalue weighted by atomic mass is 10.1. The van der Waals surface area contributed by atoms with E-state index in [9.17, 15) is 14.0 Å². The monoisotopic (exact) mass is 457 g/mol. The number of methoxy groups -OCH3 is 1. The minimum absolute atomic E-state index is 0.000788. The maximum absolute atomic E-state index is 13.8. The summed E-state index contributed by atoms with van der Waals surface area (Å²) in [6, 6.07) is 17.5. The van der Waals surface area contributed by atoms with Crippen molar-refractivity contribution in [3.05, 3.63) is 93.7 Å². The SMILES string of the molecule is COC(=O)c1ccccc1NC(=O)c1ccc(F)cc1COc1ccc(Br)cc1. The predicted molar refractivity (Wildman–Crippen MR) is 111 cm³/mol. The molecule has 29 heavy (non-hydrogen) atoms. The van der Waals surface area contributed by atoms with Gasteiger partial charge >= 0.3 is 5.97 Å². The Morgan fingerprint density at radius 2 is 1.72 bits per heavy atom. The third-order valence-electron chi connectivity index (χ3n) is 4.10. The van der Waals surface area contributed by atoms with Crippen LogP contribution in [-0.4, -0.2) is 19.0 Å². The van der Waals surface area contributed by atoms with Gasteiger partial charge in [-0.05, 0) is 54.6 Å². The second-order valence-corrected chi connectivity index (χ2v) is 6.95. The highest BCUT2D eigenvalue weighted by Crippen LogP contribution is 2.21. The van der Waals surface area contributed by atoms with Crippen molar-refractivity contribution in [3.8, 4) is 5.75 Å². The molecule has 0 saturated heterocycles. The molecule has 0 atom stereocenters. The Kier molecular flexibility index (Phi) is 6.61. The summed E-state index contributed by atoms with van der Waals surface area (Å²) in [6.07, 6.45) is 0. The van der Waals surface area contributed by atoms with Gasteiger partial charge in [-0.3, -0.25) is 4.79 Å². The highest BCUT2D eigenvalue weighted by atomic mass is 79.9. The molecular formula is C22H17BrFNO4. The Morgan fingerprint density at radius 3 is 2.45 bits per heavy atom. The Labute approximate surface area is 175 Å². The molecule has 0 saturated carbocycles. The molecule has 3 aromatic carbocycles. The highest BCUT2D eigenvalue weighted by Gasteiger charge is 2.17. The van der Waals surface area contributed by atoms with Crippen molar-refractivity contribution in [2.24, 2.45) is 0 Å². The molecule has 0 fully saturated rings. The quantitative estimate of drug-likeness (QED) is 0.516. The predicted octanol–water partition coefficient (Wildman–Crippen LogP) is 5.21. The number of anilines is 1. The van der Waals surface area contributed by atoms with Gasteiger partial charge in [-0.2, -0.15) is 0 Å². The first-order chi connectivity index (χ1) is 14.0. The number of carbonyl (C=O) groups is 2. The van der Waals surface area contributed by atoms with Crippen LogP contribution in [0.4, 0.5) is 10.1 Å². The van der Waals surface area contributed by atoms with Crippen LogP contribution in [0.2, 0.25) is 0 Å². The lowest BCUT2D eigenvalue weighted by Gasteiger charge is -2.13. The molecule has 0 heterocycles. The molecule has 0 aliphatic carbocycles. The molecular weight excluding hydrogens is 441 g/mol. The molecule has 5 nitrogen and oxygen atoms in total. The van der Waals surface area contributed by atoms with E-state index in [1.165, 1.54) is 25.3 Å². The number of hydrogen-bond donors (Lipinski definition) is 1. The maximum Gasteiger partial charge on any atom is 0.339 e. The molecule has 0 aromatic heterocycles. The van der Waals surface area contributed by atoms with Gasteiger partial charge in [0.25, 0.3) is 5.91 Å². The van der Waals surface area contributed by atoms with Crippen molar-refractivity contribution in [3.63, 3.8) is 0 Å². The summed E-state index contributed by atoms with van der Waals surface area (Å²) in [5, 5.41) is 2.68. The lowest BCUT2D eigenvalue weighted by molar-refractivity contribution is 0.0602. The summed E-state index contributed by atoms with van der Waals surface area (Å²) in [6.45, 7) is 0.000788. The lowest BCUT2D eigenvalue weighted by Crippen LogP contribution is -2.18. The fourth-order valence-corrected chi connectivity index (χ4v) is 2.93. The molecule has 0 aliphatic rings. The van der Waals surface area contributed by atoms with Gasteiger partial charge in [0, 0.05) is 15.6 Å². The first-order valence-corrected chi connectivity index (χ1v) is 9.42. The van der Waals surface area contributed by atoms with E-state index < -0.39 is 17.7 Å². The zero-order chi connectivity index (χ0) is 20.8. The number of hydrogen-bond acceptors (Lipinski definition) is 4. The average molecular weight is 458 g/mol. The largest absolute Gasteiger partial charge is 0.489 e. The first kappa shape index (κ1) is 20.5. The average Bonchev–Trinajstić information content (AvgIpc) is 2.73. The molecule has 0 aliphatic heterocycles. The molecule has 0 radical (unpaired) electrons. The summed E-state index contributed by atoms with van der Waals surface area (Å²) < 4.78 is 25.1. The van der Waals surface area contributed by atoms with E-state index in [2.05, 4.69) is 21.2 Å². The van der Waals surface area contributed by atoms with E-state index in [0.717, 1.165) is 4.47 Å². The summed E-state index contributed by atoms with van der Waals surface area (Å²) in [5.74, 6) is -0.958. The summed E-state index contributed by atoms with van der Waals surface area (Å²) in [7, 11) is 1.26. The molecule has 148 valence electrons. The van der Waals surface area contributed by atoms with E-state index in [1.54, 1.807) is 36.4 Å². The van der Waals surface area contributed by atoms with E-state index in [4.69, 9.17) is 9.47 Å². The van der Waals surface area contributed by atoms with Crippen molar-refractivity contribution in [2.75, 3.05) is 12.4 Å². The van der Waals surface area contributed by atoms with E-state index >= 15 is 0 Å². The zero-order valence-corrected chi connectivity index (χ0v) is 17.0. The fourth-order valence-electron chi connectivity index (χ4n) is 2.66. The second kappa shape index (κ2) is 9.34. The number of halogens is 2.